The van der Waals surface area contributed by atoms with Crippen LogP contribution in [0.15, 0.2) is 66.9 Å². The number of hydrogen-bond donors (Lipinski definition) is 2. The zero-order valence-electron chi connectivity index (χ0n) is 29.1. The highest BCUT2D eigenvalue weighted by atomic mass is 16.2. The number of piperazine rings is 1. The molecule has 5 rings (SSSR count). The number of rotatable bonds is 14. The van der Waals surface area contributed by atoms with Gasteiger partial charge < -0.3 is 15.5 Å². The standard InChI is InChI=1S/C39H52N6O4/c1-3-36(47)41-33(39(49)45-25-23-44(24-26-45)28-31-11-7-6-8-12-31)27-30-17-15-29(16-18-30)19-20-35(46)37(32-13-9-4-5-10-14-32)42-38(48)34-21-22-40-43(34)2/h6-8,11-12,15-18,21-22,32-33,37H,3-5,9-10,13-14,19-20,23-28H2,1-2H3,(H,41,47)(H,42,48)/t33-,37+/m1/s1. The van der Waals surface area contributed by atoms with Gasteiger partial charge in [0.15, 0.2) is 5.78 Å². The Labute approximate surface area is 290 Å². The number of carbonyl (C=O) groups is 4. The van der Waals surface area contributed by atoms with Crippen LogP contribution < -0.4 is 10.6 Å². The van der Waals surface area contributed by atoms with Gasteiger partial charge in [0.2, 0.25) is 11.8 Å². The highest BCUT2D eigenvalue weighted by Crippen LogP contribution is 2.27. The van der Waals surface area contributed by atoms with Gasteiger partial charge in [-0.25, -0.2) is 0 Å². The van der Waals surface area contributed by atoms with E-state index in [1.54, 1.807) is 26.2 Å². The van der Waals surface area contributed by atoms with Crippen LogP contribution in [-0.2, 0) is 40.8 Å². The fourth-order valence-electron chi connectivity index (χ4n) is 7.10. The van der Waals surface area contributed by atoms with E-state index >= 15 is 0 Å². The molecule has 1 aromatic heterocycles. The Morgan fingerprint density at radius 1 is 0.816 bits per heavy atom. The SMILES string of the molecule is CCC(=O)N[C@H](Cc1ccc(CCC(=O)[C@@H](NC(=O)c2ccnn2C)C2CCCCCC2)cc1)C(=O)N1CCN(Cc2ccccc2)CC1. The third-order valence-corrected chi connectivity index (χ3v) is 10.1. The van der Waals surface area contributed by atoms with Crippen LogP contribution in [0.2, 0.25) is 0 Å². The molecule has 10 heteroatoms. The van der Waals surface area contributed by atoms with Crippen LogP contribution in [0.1, 0.15) is 85.5 Å². The van der Waals surface area contributed by atoms with E-state index in [4.69, 9.17) is 0 Å². The van der Waals surface area contributed by atoms with Crippen molar-refractivity contribution in [3.8, 4) is 0 Å². The lowest BCUT2D eigenvalue weighted by atomic mass is 9.87. The van der Waals surface area contributed by atoms with E-state index in [9.17, 15) is 19.2 Å². The number of aryl methyl sites for hydroxylation is 2. The summed E-state index contributed by atoms with van der Waals surface area (Å²) in [4.78, 5) is 57.1. The van der Waals surface area contributed by atoms with Crippen LogP contribution >= 0.6 is 0 Å². The summed E-state index contributed by atoms with van der Waals surface area (Å²) in [5.41, 5.74) is 3.67. The van der Waals surface area contributed by atoms with Gasteiger partial charge in [0.1, 0.15) is 11.7 Å². The molecule has 3 aromatic rings. The molecule has 1 aliphatic heterocycles. The van der Waals surface area contributed by atoms with Crippen molar-refractivity contribution in [3.05, 3.63) is 89.2 Å². The van der Waals surface area contributed by atoms with Crippen molar-refractivity contribution in [3.63, 3.8) is 0 Å². The Kier molecular flexibility index (Phi) is 13.1. The fourth-order valence-corrected chi connectivity index (χ4v) is 7.10. The molecule has 2 aliphatic rings. The minimum Gasteiger partial charge on any atom is -0.344 e. The van der Waals surface area contributed by atoms with Crippen molar-refractivity contribution in [2.75, 3.05) is 26.2 Å². The Morgan fingerprint density at radius 2 is 1.49 bits per heavy atom. The molecule has 0 unspecified atom stereocenters. The predicted molar refractivity (Wildman–Crippen MR) is 190 cm³/mol. The Hall–Kier alpha value is -4.31. The maximum atomic E-state index is 13.7. The number of hydrogen-bond acceptors (Lipinski definition) is 6. The summed E-state index contributed by atoms with van der Waals surface area (Å²) in [5, 5.41) is 10.2. The molecule has 1 saturated carbocycles. The number of amides is 3. The molecule has 1 saturated heterocycles. The fraction of sp³-hybridized carbons (Fsp3) is 0.513. The molecule has 2 fully saturated rings. The normalized spacial score (nSPS) is 17.1. The van der Waals surface area contributed by atoms with E-state index in [1.807, 2.05) is 47.4 Å². The van der Waals surface area contributed by atoms with Crippen LogP contribution in [0.4, 0.5) is 0 Å². The number of nitrogens with zero attached hydrogens (tertiary/aromatic N) is 4. The molecule has 2 atom stereocenters. The quantitative estimate of drug-likeness (QED) is 0.245. The summed E-state index contributed by atoms with van der Waals surface area (Å²) >= 11 is 0. The second kappa shape index (κ2) is 17.9. The molecule has 0 radical (unpaired) electrons. The van der Waals surface area contributed by atoms with Gasteiger partial charge in [0.25, 0.3) is 5.91 Å². The number of Topliss-reactive ketones (excluding diaryl/α,β-unsaturated/α-hetero) is 1. The highest BCUT2D eigenvalue weighted by molar-refractivity contribution is 5.97. The lowest BCUT2D eigenvalue weighted by Gasteiger charge is -2.36. The van der Waals surface area contributed by atoms with Crippen molar-refractivity contribution in [1.82, 2.24) is 30.2 Å². The monoisotopic (exact) mass is 668 g/mol. The largest absolute Gasteiger partial charge is 0.344 e. The maximum Gasteiger partial charge on any atom is 0.270 e. The third-order valence-electron chi connectivity index (χ3n) is 10.1. The first-order valence-corrected chi connectivity index (χ1v) is 18.0. The van der Waals surface area contributed by atoms with E-state index in [0.717, 1.165) is 56.4 Å². The molecular formula is C39H52N6O4. The Morgan fingerprint density at radius 3 is 2.12 bits per heavy atom. The zero-order chi connectivity index (χ0) is 34.6. The Bertz CT molecular complexity index is 1520. The molecule has 0 spiro atoms. The molecule has 262 valence electrons. The minimum absolute atomic E-state index is 0.0476. The number of aromatic nitrogens is 2. The molecule has 2 aromatic carbocycles. The second-order valence-electron chi connectivity index (χ2n) is 13.6. The summed E-state index contributed by atoms with van der Waals surface area (Å²) < 4.78 is 1.53. The van der Waals surface area contributed by atoms with Crippen LogP contribution in [0.5, 0.6) is 0 Å². The third kappa shape index (κ3) is 10.3. The highest BCUT2D eigenvalue weighted by Gasteiger charge is 2.31. The van der Waals surface area contributed by atoms with Crippen LogP contribution in [0, 0.1) is 5.92 Å². The van der Waals surface area contributed by atoms with Gasteiger partial charge >= 0.3 is 0 Å². The van der Waals surface area contributed by atoms with Gasteiger partial charge in [-0.2, -0.15) is 5.10 Å². The second-order valence-corrected chi connectivity index (χ2v) is 13.6. The minimum atomic E-state index is -0.635. The summed E-state index contributed by atoms with van der Waals surface area (Å²) in [6.45, 7) is 5.48. The molecular weight excluding hydrogens is 616 g/mol. The van der Waals surface area contributed by atoms with Crippen molar-refractivity contribution >= 4 is 23.5 Å². The summed E-state index contributed by atoms with van der Waals surface area (Å²) in [6, 6.07) is 18.9. The van der Waals surface area contributed by atoms with Gasteiger partial charge in [0.05, 0.1) is 6.04 Å². The van der Waals surface area contributed by atoms with E-state index < -0.39 is 12.1 Å². The molecule has 10 nitrogen and oxygen atoms in total. The van der Waals surface area contributed by atoms with Gasteiger partial charge in [-0.15, -0.1) is 0 Å². The number of nitrogens with one attached hydrogen (secondary N) is 2. The first-order valence-electron chi connectivity index (χ1n) is 18.0. The average molecular weight is 669 g/mol. The van der Waals surface area contributed by atoms with Gasteiger partial charge in [0, 0.05) is 65.2 Å². The van der Waals surface area contributed by atoms with Gasteiger partial charge in [-0.1, -0.05) is 87.2 Å². The van der Waals surface area contributed by atoms with Crippen molar-refractivity contribution in [1.29, 1.82) is 0 Å². The van der Waals surface area contributed by atoms with E-state index in [1.165, 1.54) is 23.1 Å². The lowest BCUT2D eigenvalue weighted by Crippen LogP contribution is -2.55. The maximum absolute atomic E-state index is 13.7. The smallest absolute Gasteiger partial charge is 0.270 e. The molecule has 0 bridgehead atoms. The topological polar surface area (TPSA) is 117 Å². The molecule has 1 aliphatic carbocycles. The van der Waals surface area contributed by atoms with Crippen LogP contribution in [-0.4, -0.2) is 81.3 Å². The first-order chi connectivity index (χ1) is 23.8. The van der Waals surface area contributed by atoms with Crippen molar-refractivity contribution in [2.45, 2.75) is 89.8 Å². The summed E-state index contributed by atoms with van der Waals surface area (Å²) in [6.07, 6.45) is 9.55. The lowest BCUT2D eigenvalue weighted by molar-refractivity contribution is -0.138. The van der Waals surface area contributed by atoms with Gasteiger partial charge in [-0.05, 0) is 47.9 Å². The molecule has 2 N–H and O–H groups in total. The molecule has 2 heterocycles. The Balaban J connectivity index is 1.17. The number of ketones is 1. The molecule has 3 amide bonds. The summed E-state index contributed by atoms with van der Waals surface area (Å²) in [5.74, 6) is -0.263. The van der Waals surface area contributed by atoms with Crippen LogP contribution in [0.25, 0.3) is 0 Å². The number of carbonyl (C=O) groups excluding carboxylic acids is 4. The van der Waals surface area contributed by atoms with E-state index in [-0.39, 0.29) is 29.4 Å². The van der Waals surface area contributed by atoms with E-state index in [2.05, 4.69) is 32.8 Å². The number of benzene rings is 2. The zero-order valence-corrected chi connectivity index (χ0v) is 29.1. The van der Waals surface area contributed by atoms with Crippen molar-refractivity contribution in [2.24, 2.45) is 13.0 Å². The van der Waals surface area contributed by atoms with Crippen LogP contribution in [0.3, 0.4) is 0 Å². The van der Waals surface area contributed by atoms with E-state index in [0.29, 0.717) is 44.5 Å². The average Bonchev–Trinajstić information content (AvgIpc) is 3.38. The van der Waals surface area contributed by atoms with Crippen molar-refractivity contribution < 1.29 is 19.2 Å². The summed E-state index contributed by atoms with van der Waals surface area (Å²) in [7, 11) is 1.73. The predicted octanol–water partition coefficient (Wildman–Crippen LogP) is 4.47. The van der Waals surface area contributed by atoms with Gasteiger partial charge in [-0.3, -0.25) is 28.8 Å². The first kappa shape index (κ1) is 36.0. The molecule has 49 heavy (non-hydrogen) atoms.